The van der Waals surface area contributed by atoms with E-state index in [0.29, 0.717) is 18.7 Å². The van der Waals surface area contributed by atoms with E-state index in [1.165, 1.54) is 41.1 Å². The van der Waals surface area contributed by atoms with Gasteiger partial charge in [0.2, 0.25) is 5.43 Å². The summed E-state index contributed by atoms with van der Waals surface area (Å²) in [6.07, 6.45) is 2.43. The van der Waals surface area contributed by atoms with Crippen LogP contribution in [0.5, 0.6) is 0 Å². The Hall–Kier alpha value is -3.00. The van der Waals surface area contributed by atoms with Crippen LogP contribution in [0.25, 0.3) is 0 Å². The quantitative estimate of drug-likeness (QED) is 0.866. The van der Waals surface area contributed by atoms with E-state index in [1.54, 1.807) is 12.1 Å². The molecule has 3 rings (SSSR count). The largest absolute Gasteiger partial charge is 0.477 e. The minimum Gasteiger partial charge on any atom is -0.477 e. The van der Waals surface area contributed by atoms with E-state index in [2.05, 4.69) is 0 Å². The zero-order valence-electron chi connectivity index (χ0n) is 14.0. The number of ether oxygens (including phenoxy) is 1. The number of carbonyl (C=O) groups is 2. The zero-order valence-corrected chi connectivity index (χ0v) is 14.0. The zero-order chi connectivity index (χ0) is 18.8. The van der Waals surface area contributed by atoms with Gasteiger partial charge in [0.15, 0.2) is 0 Å². The lowest BCUT2D eigenvalue weighted by Gasteiger charge is -2.38. The number of halogens is 1. The number of carboxylic acids is 1. The van der Waals surface area contributed by atoms with Crippen molar-refractivity contribution in [3.8, 4) is 0 Å². The molecular weight excluding hydrogens is 343 g/mol. The molecule has 1 N–H and O–H groups in total. The molecule has 1 amide bonds. The molecule has 7 nitrogen and oxygen atoms in total. The van der Waals surface area contributed by atoms with E-state index in [9.17, 15) is 23.9 Å². The molecule has 0 atom stereocenters. The number of nitrogens with zero attached hydrogens (tertiary/aromatic N) is 2. The minimum atomic E-state index is -1.41. The summed E-state index contributed by atoms with van der Waals surface area (Å²) >= 11 is 0. The number of aromatic carboxylic acids is 1. The van der Waals surface area contributed by atoms with E-state index in [-0.39, 0.29) is 24.0 Å². The van der Waals surface area contributed by atoms with Gasteiger partial charge < -0.3 is 19.3 Å². The summed E-state index contributed by atoms with van der Waals surface area (Å²) in [5, 5.41) is 9.28. The van der Waals surface area contributed by atoms with Crippen molar-refractivity contribution in [1.29, 1.82) is 0 Å². The molecule has 0 bridgehead atoms. The van der Waals surface area contributed by atoms with Crippen LogP contribution in [0, 0.1) is 5.82 Å². The van der Waals surface area contributed by atoms with Gasteiger partial charge in [0.25, 0.3) is 5.91 Å². The first-order chi connectivity index (χ1) is 12.4. The number of likely N-dealkylation sites (tertiary alicyclic amines) is 1. The van der Waals surface area contributed by atoms with Crippen molar-refractivity contribution in [2.24, 2.45) is 0 Å². The topological polar surface area (TPSA) is 88.8 Å². The van der Waals surface area contributed by atoms with E-state index >= 15 is 0 Å². The second kappa shape index (κ2) is 7.09. The fourth-order valence-electron chi connectivity index (χ4n) is 2.75. The highest BCUT2D eigenvalue weighted by molar-refractivity contribution is 5.97. The fourth-order valence-corrected chi connectivity index (χ4v) is 2.75. The average Bonchev–Trinajstić information content (AvgIpc) is 2.57. The molecule has 26 heavy (non-hydrogen) atoms. The van der Waals surface area contributed by atoms with Crippen LogP contribution in [0.2, 0.25) is 0 Å². The molecule has 1 aliphatic rings. The predicted molar refractivity (Wildman–Crippen MR) is 89.9 cm³/mol. The molecule has 1 aliphatic heterocycles. The molecule has 136 valence electrons. The normalized spacial score (nSPS) is 14.2. The van der Waals surface area contributed by atoms with Crippen LogP contribution in [0.15, 0.2) is 41.5 Å². The Morgan fingerprint density at radius 3 is 2.38 bits per heavy atom. The van der Waals surface area contributed by atoms with Crippen molar-refractivity contribution in [3.63, 3.8) is 0 Å². The van der Waals surface area contributed by atoms with Gasteiger partial charge in [-0.05, 0) is 17.7 Å². The Morgan fingerprint density at radius 1 is 1.19 bits per heavy atom. The number of amides is 1. The molecule has 2 heterocycles. The number of hydrogen-bond acceptors (Lipinski definition) is 4. The van der Waals surface area contributed by atoms with Crippen LogP contribution in [0.3, 0.4) is 0 Å². The Morgan fingerprint density at radius 2 is 1.81 bits per heavy atom. The van der Waals surface area contributed by atoms with Crippen LogP contribution in [-0.4, -0.2) is 52.8 Å². The van der Waals surface area contributed by atoms with Gasteiger partial charge in [0.1, 0.15) is 16.9 Å². The first kappa shape index (κ1) is 17.8. The van der Waals surface area contributed by atoms with E-state index in [0.717, 1.165) is 0 Å². The van der Waals surface area contributed by atoms with Gasteiger partial charge in [-0.2, -0.15) is 0 Å². The van der Waals surface area contributed by atoms with E-state index in [4.69, 9.17) is 4.74 Å². The van der Waals surface area contributed by atoms with Gasteiger partial charge in [0.05, 0.1) is 6.10 Å². The maximum atomic E-state index is 13.0. The van der Waals surface area contributed by atoms with Crippen molar-refractivity contribution >= 4 is 11.9 Å². The molecule has 1 fully saturated rings. The number of benzene rings is 1. The summed E-state index contributed by atoms with van der Waals surface area (Å²) in [5.74, 6) is -2.32. The Bertz CT molecular complexity index is 901. The van der Waals surface area contributed by atoms with E-state index < -0.39 is 22.9 Å². The number of carboxylic acid groups (broad SMARTS) is 1. The summed E-state index contributed by atoms with van der Waals surface area (Å²) < 4.78 is 19.6. The van der Waals surface area contributed by atoms with Gasteiger partial charge in [-0.1, -0.05) is 12.1 Å². The van der Waals surface area contributed by atoms with Crippen LogP contribution >= 0.6 is 0 Å². The Kier molecular flexibility index (Phi) is 4.85. The van der Waals surface area contributed by atoms with Gasteiger partial charge in [-0.15, -0.1) is 0 Å². The monoisotopic (exact) mass is 360 g/mol. The average molecular weight is 360 g/mol. The number of carbonyl (C=O) groups excluding carboxylic acids is 1. The molecule has 2 aromatic rings. The highest BCUT2D eigenvalue weighted by Gasteiger charge is 2.33. The van der Waals surface area contributed by atoms with Gasteiger partial charge >= 0.3 is 5.97 Å². The molecule has 0 radical (unpaired) electrons. The second-order valence-corrected chi connectivity index (χ2v) is 6.09. The van der Waals surface area contributed by atoms with Crippen LogP contribution in [0.4, 0.5) is 4.39 Å². The molecule has 8 heteroatoms. The lowest BCUT2D eigenvalue weighted by molar-refractivity contribution is -0.0193. The number of pyridine rings is 1. The first-order valence-electron chi connectivity index (χ1n) is 7.93. The summed E-state index contributed by atoms with van der Waals surface area (Å²) in [6.45, 7) is 0.899. The van der Waals surface area contributed by atoms with Crippen molar-refractivity contribution in [3.05, 3.63) is 69.4 Å². The number of methoxy groups -OCH3 is 1. The molecule has 1 aromatic heterocycles. The summed E-state index contributed by atoms with van der Waals surface area (Å²) in [7, 11) is 1.53. The molecular formula is C18H17FN2O5. The van der Waals surface area contributed by atoms with Crippen LogP contribution in [-0.2, 0) is 11.3 Å². The maximum absolute atomic E-state index is 13.0. The van der Waals surface area contributed by atoms with Crippen LogP contribution in [0.1, 0.15) is 26.3 Å². The first-order valence-corrected chi connectivity index (χ1v) is 7.93. The van der Waals surface area contributed by atoms with Crippen molar-refractivity contribution in [2.75, 3.05) is 20.2 Å². The third-order valence-electron chi connectivity index (χ3n) is 4.29. The second-order valence-electron chi connectivity index (χ2n) is 6.09. The number of hydrogen-bond donors (Lipinski definition) is 1. The lowest BCUT2D eigenvalue weighted by Crippen LogP contribution is -2.55. The molecule has 0 aliphatic carbocycles. The number of aromatic nitrogens is 1. The summed E-state index contributed by atoms with van der Waals surface area (Å²) in [6, 6.07) is 5.67. The smallest absolute Gasteiger partial charge is 0.341 e. The van der Waals surface area contributed by atoms with Crippen molar-refractivity contribution < 1.29 is 23.8 Å². The van der Waals surface area contributed by atoms with Gasteiger partial charge in [0, 0.05) is 39.1 Å². The van der Waals surface area contributed by atoms with E-state index in [1.807, 2.05) is 0 Å². The molecule has 0 saturated carbocycles. The lowest BCUT2D eigenvalue weighted by atomic mass is 10.1. The van der Waals surface area contributed by atoms with Gasteiger partial charge in [-0.3, -0.25) is 9.59 Å². The molecule has 1 aromatic carbocycles. The Balaban J connectivity index is 1.94. The van der Waals surface area contributed by atoms with Crippen molar-refractivity contribution in [2.45, 2.75) is 12.6 Å². The standard InChI is InChI=1S/C18H17FN2O5/c1-26-13-7-21(8-13)17(23)14-9-20(10-15(16(14)22)18(24)25)6-11-2-4-12(19)5-3-11/h2-5,9-10,13H,6-8H2,1H3,(H,24,25). The highest BCUT2D eigenvalue weighted by atomic mass is 19.1. The third-order valence-corrected chi connectivity index (χ3v) is 4.29. The molecule has 0 spiro atoms. The van der Waals surface area contributed by atoms with Gasteiger partial charge in [-0.25, -0.2) is 9.18 Å². The minimum absolute atomic E-state index is 0.0805. The SMILES string of the molecule is COC1CN(C(=O)c2cn(Cc3ccc(F)cc3)cc(C(=O)O)c2=O)C1. The predicted octanol–water partition coefficient (Wildman–Crippen LogP) is 1.20. The summed E-state index contributed by atoms with van der Waals surface area (Å²) in [5.41, 5.74) is -0.810. The maximum Gasteiger partial charge on any atom is 0.341 e. The molecule has 1 saturated heterocycles. The fraction of sp³-hybridized carbons (Fsp3) is 0.278. The summed E-state index contributed by atoms with van der Waals surface area (Å²) in [4.78, 5) is 37.7. The Labute approximate surface area is 148 Å². The third kappa shape index (κ3) is 3.50. The molecule has 0 unspecified atom stereocenters. The number of rotatable bonds is 5. The van der Waals surface area contributed by atoms with Crippen molar-refractivity contribution in [1.82, 2.24) is 9.47 Å². The van der Waals surface area contributed by atoms with Crippen LogP contribution < -0.4 is 5.43 Å². The highest BCUT2D eigenvalue weighted by Crippen LogP contribution is 2.15.